The van der Waals surface area contributed by atoms with E-state index in [1.54, 1.807) is 19.2 Å². The van der Waals surface area contributed by atoms with Crippen LogP contribution in [-0.4, -0.2) is 59.6 Å². The minimum absolute atomic E-state index is 0.0381. The molecule has 8 heteroatoms. The molecule has 0 unspecified atom stereocenters. The van der Waals surface area contributed by atoms with E-state index in [1.807, 2.05) is 29.2 Å². The zero-order valence-electron chi connectivity index (χ0n) is 23.2. The molecule has 9 atom stereocenters. The summed E-state index contributed by atoms with van der Waals surface area (Å²) in [6, 6.07) is 6.47. The molecule has 5 aliphatic rings. The number of amides is 3. The van der Waals surface area contributed by atoms with Crippen molar-refractivity contribution in [3.05, 3.63) is 36.4 Å². The molecule has 3 amide bonds. The number of methoxy groups -OCH3 is 1. The Hall–Kier alpha value is -2.87. The fourth-order valence-electron chi connectivity index (χ4n) is 7.99. The van der Waals surface area contributed by atoms with Gasteiger partial charge in [0.1, 0.15) is 17.4 Å². The number of carbonyl (C=O) groups is 3. The van der Waals surface area contributed by atoms with Crippen LogP contribution in [0.1, 0.15) is 65.2 Å². The standard InChI is InChI=1S/C31H41N3O5/c1-18-9-4-6-13-22(18)33-29(36)27-31-16-15-24(39-31)25(28(35)32-20-11-8-12-21(17-20)38-3)26(31)30(37)34(27)23-14-7-5-10-19(23)2/h8,11-12,15-19,22-27H,4-7,9-10,13-14H2,1-3H3,(H,32,35)(H,33,36)/t18-,19+,22-,23-,24-,25+,26-,27-,31-/m1/s1. The summed E-state index contributed by atoms with van der Waals surface area (Å²) in [5, 5.41) is 6.33. The number of fused-ring (bicyclic) bond motifs is 1. The second-order valence-electron chi connectivity index (χ2n) is 12.4. The van der Waals surface area contributed by atoms with Crippen molar-refractivity contribution < 1.29 is 23.9 Å². The molecule has 0 radical (unpaired) electrons. The van der Waals surface area contributed by atoms with E-state index in [2.05, 4.69) is 24.5 Å². The van der Waals surface area contributed by atoms with Crippen LogP contribution in [0, 0.1) is 23.7 Å². The van der Waals surface area contributed by atoms with Gasteiger partial charge in [-0.2, -0.15) is 0 Å². The summed E-state index contributed by atoms with van der Waals surface area (Å²) in [6.07, 6.45) is 11.6. The van der Waals surface area contributed by atoms with Crippen molar-refractivity contribution in [2.75, 3.05) is 12.4 Å². The molecule has 4 fully saturated rings. The molecule has 2 bridgehead atoms. The maximum atomic E-state index is 14.4. The first kappa shape index (κ1) is 26.4. The van der Waals surface area contributed by atoms with Gasteiger partial charge in [0.2, 0.25) is 17.7 Å². The normalized spacial score (nSPS) is 38.9. The van der Waals surface area contributed by atoms with Crippen LogP contribution in [-0.2, 0) is 19.1 Å². The molecule has 2 N–H and O–H groups in total. The Bertz CT molecular complexity index is 1170. The van der Waals surface area contributed by atoms with E-state index in [4.69, 9.17) is 9.47 Å². The predicted molar refractivity (Wildman–Crippen MR) is 147 cm³/mol. The minimum Gasteiger partial charge on any atom is -0.497 e. The van der Waals surface area contributed by atoms with Crippen molar-refractivity contribution in [3.8, 4) is 5.75 Å². The first-order valence-electron chi connectivity index (χ1n) is 14.8. The largest absolute Gasteiger partial charge is 0.497 e. The molecule has 1 aromatic rings. The lowest BCUT2D eigenvalue weighted by Crippen LogP contribution is -2.60. The van der Waals surface area contributed by atoms with Crippen LogP contribution in [0.5, 0.6) is 5.75 Å². The van der Waals surface area contributed by atoms with Crippen LogP contribution >= 0.6 is 0 Å². The Kier molecular flexibility index (Phi) is 6.94. The quantitative estimate of drug-likeness (QED) is 0.536. The Morgan fingerprint density at radius 3 is 2.51 bits per heavy atom. The monoisotopic (exact) mass is 535 g/mol. The number of carbonyl (C=O) groups excluding carboxylic acids is 3. The Morgan fingerprint density at radius 1 is 1.03 bits per heavy atom. The molecule has 0 aromatic heterocycles. The van der Waals surface area contributed by atoms with Crippen molar-refractivity contribution >= 4 is 23.4 Å². The van der Waals surface area contributed by atoms with Gasteiger partial charge >= 0.3 is 0 Å². The van der Waals surface area contributed by atoms with Crippen LogP contribution < -0.4 is 15.4 Å². The smallest absolute Gasteiger partial charge is 0.246 e. The third-order valence-corrected chi connectivity index (χ3v) is 10.1. The van der Waals surface area contributed by atoms with Gasteiger partial charge in [0.25, 0.3) is 0 Å². The molecule has 2 saturated heterocycles. The molecule has 3 heterocycles. The zero-order valence-corrected chi connectivity index (χ0v) is 23.2. The van der Waals surface area contributed by atoms with E-state index in [9.17, 15) is 14.4 Å². The summed E-state index contributed by atoms with van der Waals surface area (Å²) in [6.45, 7) is 4.38. The van der Waals surface area contributed by atoms with Gasteiger partial charge in [-0.1, -0.05) is 57.7 Å². The van der Waals surface area contributed by atoms with E-state index in [0.29, 0.717) is 17.4 Å². The topological polar surface area (TPSA) is 97.0 Å². The average Bonchev–Trinajstić information content (AvgIpc) is 3.58. The molecule has 6 rings (SSSR count). The van der Waals surface area contributed by atoms with Gasteiger partial charge in [-0.25, -0.2) is 0 Å². The lowest BCUT2D eigenvalue weighted by Gasteiger charge is -2.42. The highest BCUT2D eigenvalue weighted by Crippen LogP contribution is 2.56. The highest BCUT2D eigenvalue weighted by Gasteiger charge is 2.73. The van der Waals surface area contributed by atoms with Gasteiger partial charge in [-0.05, 0) is 49.7 Å². The second-order valence-corrected chi connectivity index (χ2v) is 12.4. The number of anilines is 1. The number of nitrogens with one attached hydrogen (secondary N) is 2. The van der Waals surface area contributed by atoms with E-state index in [-0.39, 0.29) is 35.7 Å². The zero-order chi connectivity index (χ0) is 27.3. The number of likely N-dealkylation sites (tertiary alicyclic amines) is 1. The maximum absolute atomic E-state index is 14.4. The third-order valence-electron chi connectivity index (χ3n) is 10.1. The Labute approximate surface area is 230 Å². The summed E-state index contributed by atoms with van der Waals surface area (Å²) in [4.78, 5) is 44.2. The molecule has 8 nitrogen and oxygen atoms in total. The minimum atomic E-state index is -1.13. The van der Waals surface area contributed by atoms with Crippen LogP contribution in [0.4, 0.5) is 5.69 Å². The predicted octanol–water partition coefficient (Wildman–Crippen LogP) is 4.06. The van der Waals surface area contributed by atoms with Crippen LogP contribution in [0.2, 0.25) is 0 Å². The van der Waals surface area contributed by atoms with E-state index < -0.39 is 29.6 Å². The Morgan fingerprint density at radius 2 is 1.77 bits per heavy atom. The lowest BCUT2D eigenvalue weighted by atomic mass is 9.74. The van der Waals surface area contributed by atoms with Crippen LogP contribution in [0.25, 0.3) is 0 Å². The van der Waals surface area contributed by atoms with E-state index in [1.165, 1.54) is 6.42 Å². The van der Waals surface area contributed by atoms with Crippen molar-refractivity contribution in [2.24, 2.45) is 23.7 Å². The van der Waals surface area contributed by atoms with E-state index >= 15 is 0 Å². The third kappa shape index (κ3) is 4.35. The number of nitrogens with zero attached hydrogens (tertiary/aromatic N) is 1. The van der Waals surface area contributed by atoms with Gasteiger partial charge in [0.05, 0.1) is 25.0 Å². The summed E-state index contributed by atoms with van der Waals surface area (Å²) >= 11 is 0. The summed E-state index contributed by atoms with van der Waals surface area (Å²) in [5.41, 5.74) is -0.527. The number of hydrogen-bond donors (Lipinski definition) is 2. The second kappa shape index (κ2) is 10.3. The summed E-state index contributed by atoms with van der Waals surface area (Å²) in [5.74, 6) is -0.647. The summed E-state index contributed by atoms with van der Waals surface area (Å²) < 4.78 is 11.9. The highest BCUT2D eigenvalue weighted by molar-refractivity contribution is 6.03. The molecule has 39 heavy (non-hydrogen) atoms. The molecule has 2 saturated carbocycles. The molecule has 1 aromatic carbocycles. The van der Waals surface area contributed by atoms with Crippen molar-refractivity contribution in [1.82, 2.24) is 10.2 Å². The van der Waals surface area contributed by atoms with Gasteiger partial charge in [-0.3, -0.25) is 14.4 Å². The molecule has 210 valence electrons. The van der Waals surface area contributed by atoms with Gasteiger partial charge < -0.3 is 25.0 Å². The number of benzene rings is 1. The van der Waals surface area contributed by atoms with Crippen molar-refractivity contribution in [2.45, 2.75) is 95.0 Å². The van der Waals surface area contributed by atoms with Crippen LogP contribution in [0.3, 0.4) is 0 Å². The van der Waals surface area contributed by atoms with Crippen molar-refractivity contribution in [3.63, 3.8) is 0 Å². The van der Waals surface area contributed by atoms with E-state index in [0.717, 1.165) is 44.9 Å². The number of ether oxygens (including phenoxy) is 2. The fourth-order valence-corrected chi connectivity index (χ4v) is 7.99. The summed E-state index contributed by atoms with van der Waals surface area (Å²) in [7, 11) is 1.58. The molecule has 3 aliphatic heterocycles. The highest BCUT2D eigenvalue weighted by atomic mass is 16.5. The number of rotatable bonds is 6. The molecular weight excluding hydrogens is 494 g/mol. The fraction of sp³-hybridized carbons (Fsp3) is 0.645. The average molecular weight is 536 g/mol. The maximum Gasteiger partial charge on any atom is 0.246 e. The van der Waals surface area contributed by atoms with Gasteiger partial charge in [0, 0.05) is 23.8 Å². The molecule has 2 aliphatic carbocycles. The molecular formula is C31H41N3O5. The Balaban J connectivity index is 1.33. The number of hydrogen-bond acceptors (Lipinski definition) is 5. The van der Waals surface area contributed by atoms with Gasteiger partial charge in [0.15, 0.2) is 0 Å². The SMILES string of the molecule is COc1cccc(NC(=O)[C@H]2[C@H]3C=C[C@@]4(O3)[C@H]2C(=O)N([C@@H]2CCCC[C@@H]2C)[C@@H]4C(=O)N[C@@H]2CCCC[C@H]2C)c1. The van der Waals surface area contributed by atoms with Crippen molar-refractivity contribution in [1.29, 1.82) is 0 Å². The first-order chi connectivity index (χ1) is 18.8. The first-order valence-corrected chi connectivity index (χ1v) is 14.8. The van der Waals surface area contributed by atoms with Gasteiger partial charge in [-0.15, -0.1) is 0 Å². The van der Waals surface area contributed by atoms with Crippen LogP contribution in [0.15, 0.2) is 36.4 Å². The lowest BCUT2D eigenvalue weighted by molar-refractivity contribution is -0.146. The molecule has 1 spiro atoms.